The standard InChI is InChI=1S/C12H18F3NO3/c1-2-19-9-5-8(6-9)16-4-3-11(7-16,10(17)18)12(13,14)15/h8-9H,2-7H2,1H3,(H,17,18). The smallest absolute Gasteiger partial charge is 0.406 e. The zero-order valence-corrected chi connectivity index (χ0v) is 10.7. The fourth-order valence-electron chi connectivity index (χ4n) is 2.89. The molecule has 0 spiro atoms. The van der Waals surface area contributed by atoms with Crippen LogP contribution in [0.2, 0.25) is 0 Å². The Balaban J connectivity index is 1.97. The summed E-state index contributed by atoms with van der Waals surface area (Å²) in [5.41, 5.74) is -2.59. The third kappa shape index (κ3) is 2.45. The van der Waals surface area contributed by atoms with E-state index in [1.54, 1.807) is 4.90 Å². The van der Waals surface area contributed by atoms with E-state index >= 15 is 0 Å². The number of likely N-dealkylation sites (tertiary alicyclic amines) is 1. The number of halogens is 3. The van der Waals surface area contributed by atoms with E-state index in [1.165, 1.54) is 0 Å². The summed E-state index contributed by atoms with van der Waals surface area (Å²) in [5.74, 6) is -1.76. The molecule has 1 N–H and O–H groups in total. The molecule has 0 aromatic rings. The Morgan fingerprint density at radius 3 is 2.53 bits per heavy atom. The Labute approximate surface area is 109 Å². The molecule has 1 saturated heterocycles. The van der Waals surface area contributed by atoms with E-state index < -0.39 is 24.1 Å². The van der Waals surface area contributed by atoms with Gasteiger partial charge in [-0.2, -0.15) is 13.2 Å². The molecular formula is C12H18F3NO3. The van der Waals surface area contributed by atoms with Crippen LogP contribution in [0.25, 0.3) is 0 Å². The zero-order valence-electron chi connectivity index (χ0n) is 10.7. The van der Waals surface area contributed by atoms with Crippen LogP contribution < -0.4 is 0 Å². The van der Waals surface area contributed by atoms with Crippen LogP contribution in [0.5, 0.6) is 0 Å². The highest BCUT2D eigenvalue weighted by Gasteiger charge is 2.64. The molecule has 1 aliphatic carbocycles. The molecule has 1 heterocycles. The van der Waals surface area contributed by atoms with E-state index in [2.05, 4.69) is 0 Å². The van der Waals surface area contributed by atoms with Gasteiger partial charge in [0.25, 0.3) is 0 Å². The Hall–Kier alpha value is -0.820. The zero-order chi connectivity index (χ0) is 14.3. The molecule has 1 saturated carbocycles. The number of alkyl halides is 3. The first-order valence-corrected chi connectivity index (χ1v) is 6.46. The van der Waals surface area contributed by atoms with E-state index in [9.17, 15) is 18.0 Å². The molecule has 0 aromatic heterocycles. The molecule has 7 heteroatoms. The largest absolute Gasteiger partial charge is 0.481 e. The van der Waals surface area contributed by atoms with Crippen molar-refractivity contribution in [1.82, 2.24) is 4.90 Å². The van der Waals surface area contributed by atoms with Crippen LogP contribution in [0.4, 0.5) is 13.2 Å². The number of carbonyl (C=O) groups is 1. The molecule has 0 aromatic carbocycles. The van der Waals surface area contributed by atoms with Crippen LogP contribution in [-0.2, 0) is 9.53 Å². The Morgan fingerprint density at radius 1 is 1.47 bits per heavy atom. The maximum Gasteiger partial charge on any atom is 0.406 e. The van der Waals surface area contributed by atoms with Crippen molar-refractivity contribution < 1.29 is 27.8 Å². The highest BCUT2D eigenvalue weighted by atomic mass is 19.4. The number of ether oxygens (including phenoxy) is 1. The Morgan fingerprint density at radius 2 is 2.11 bits per heavy atom. The third-order valence-electron chi connectivity index (χ3n) is 4.24. The van der Waals surface area contributed by atoms with Gasteiger partial charge in [-0.1, -0.05) is 0 Å². The van der Waals surface area contributed by atoms with Crippen molar-refractivity contribution in [1.29, 1.82) is 0 Å². The van der Waals surface area contributed by atoms with Crippen molar-refractivity contribution in [3.8, 4) is 0 Å². The molecule has 1 unspecified atom stereocenters. The fraction of sp³-hybridized carbons (Fsp3) is 0.917. The number of carboxylic acids is 1. The minimum atomic E-state index is -4.70. The predicted octanol–water partition coefficient (Wildman–Crippen LogP) is 1.89. The Kier molecular flexibility index (Phi) is 3.79. The topological polar surface area (TPSA) is 49.8 Å². The van der Waals surface area contributed by atoms with Gasteiger partial charge >= 0.3 is 12.1 Å². The molecule has 4 nitrogen and oxygen atoms in total. The van der Waals surface area contributed by atoms with Gasteiger partial charge in [0.15, 0.2) is 5.41 Å². The lowest BCUT2D eigenvalue weighted by Gasteiger charge is -2.41. The van der Waals surface area contributed by atoms with Crippen molar-refractivity contribution in [2.75, 3.05) is 19.7 Å². The number of hydrogen-bond donors (Lipinski definition) is 1. The maximum absolute atomic E-state index is 13.0. The van der Waals surface area contributed by atoms with Crippen molar-refractivity contribution >= 4 is 5.97 Å². The van der Waals surface area contributed by atoms with Gasteiger partial charge in [0.05, 0.1) is 6.10 Å². The van der Waals surface area contributed by atoms with Crippen molar-refractivity contribution in [3.63, 3.8) is 0 Å². The monoisotopic (exact) mass is 281 g/mol. The quantitative estimate of drug-likeness (QED) is 0.855. The summed E-state index contributed by atoms with van der Waals surface area (Å²) < 4.78 is 44.3. The first-order chi connectivity index (χ1) is 8.80. The molecule has 0 bridgehead atoms. The summed E-state index contributed by atoms with van der Waals surface area (Å²) >= 11 is 0. The first-order valence-electron chi connectivity index (χ1n) is 6.46. The SMILES string of the molecule is CCOC1CC(N2CCC(C(=O)O)(C(F)(F)F)C2)C1. The predicted molar refractivity (Wildman–Crippen MR) is 60.7 cm³/mol. The molecule has 2 rings (SSSR count). The van der Waals surface area contributed by atoms with E-state index in [4.69, 9.17) is 9.84 Å². The number of carboxylic acid groups (broad SMARTS) is 1. The average molecular weight is 281 g/mol. The molecule has 2 aliphatic rings. The van der Waals surface area contributed by atoms with Gasteiger partial charge in [0, 0.05) is 19.2 Å². The van der Waals surface area contributed by atoms with E-state index in [0.29, 0.717) is 19.4 Å². The summed E-state index contributed by atoms with van der Waals surface area (Å²) in [4.78, 5) is 12.7. The molecule has 0 amide bonds. The lowest BCUT2D eigenvalue weighted by atomic mass is 9.85. The summed E-state index contributed by atoms with van der Waals surface area (Å²) in [7, 11) is 0. The number of hydrogen-bond acceptors (Lipinski definition) is 3. The van der Waals surface area contributed by atoms with Gasteiger partial charge in [0.1, 0.15) is 0 Å². The van der Waals surface area contributed by atoms with Crippen LogP contribution >= 0.6 is 0 Å². The highest BCUT2D eigenvalue weighted by molar-refractivity contribution is 5.76. The first kappa shape index (κ1) is 14.6. The fourth-order valence-corrected chi connectivity index (χ4v) is 2.89. The lowest BCUT2D eigenvalue weighted by Crippen LogP contribution is -2.51. The second-order valence-corrected chi connectivity index (χ2v) is 5.31. The minimum absolute atomic E-state index is 0.0279. The van der Waals surface area contributed by atoms with Crippen LogP contribution in [0.3, 0.4) is 0 Å². The molecule has 1 atom stereocenters. The van der Waals surface area contributed by atoms with Crippen molar-refractivity contribution in [3.05, 3.63) is 0 Å². The van der Waals surface area contributed by atoms with Gasteiger partial charge in [-0.25, -0.2) is 0 Å². The summed E-state index contributed by atoms with van der Waals surface area (Å²) in [6, 6.07) is 0.0279. The van der Waals surface area contributed by atoms with Gasteiger partial charge < -0.3 is 9.84 Å². The van der Waals surface area contributed by atoms with E-state index in [1.807, 2.05) is 6.92 Å². The molecule has 1 aliphatic heterocycles. The number of nitrogens with zero attached hydrogens (tertiary/aromatic N) is 1. The summed E-state index contributed by atoms with van der Waals surface area (Å²) in [5, 5.41) is 8.95. The van der Waals surface area contributed by atoms with Gasteiger partial charge in [-0.15, -0.1) is 0 Å². The molecule has 110 valence electrons. The molecule has 19 heavy (non-hydrogen) atoms. The normalized spacial score (nSPS) is 36.2. The molecular weight excluding hydrogens is 263 g/mol. The molecule has 0 radical (unpaired) electrons. The van der Waals surface area contributed by atoms with Crippen molar-refractivity contribution in [2.45, 2.75) is 44.5 Å². The van der Waals surface area contributed by atoms with Gasteiger partial charge in [-0.05, 0) is 32.7 Å². The maximum atomic E-state index is 13.0. The summed E-state index contributed by atoms with van der Waals surface area (Å²) in [6.45, 7) is 2.23. The second-order valence-electron chi connectivity index (χ2n) is 5.31. The Bertz CT molecular complexity index is 355. The highest BCUT2D eigenvalue weighted by Crippen LogP contribution is 2.47. The van der Waals surface area contributed by atoms with Crippen LogP contribution in [0.1, 0.15) is 26.2 Å². The lowest BCUT2D eigenvalue weighted by molar-refractivity contribution is -0.228. The summed E-state index contributed by atoms with van der Waals surface area (Å²) in [6.07, 6.45) is -3.55. The number of rotatable bonds is 4. The van der Waals surface area contributed by atoms with Crippen molar-refractivity contribution in [2.24, 2.45) is 5.41 Å². The average Bonchev–Trinajstić information content (AvgIpc) is 2.67. The molecule has 2 fully saturated rings. The minimum Gasteiger partial charge on any atom is -0.481 e. The van der Waals surface area contributed by atoms with E-state index in [-0.39, 0.29) is 25.1 Å². The van der Waals surface area contributed by atoms with Gasteiger partial charge in [0.2, 0.25) is 0 Å². The van der Waals surface area contributed by atoms with Gasteiger partial charge in [-0.3, -0.25) is 9.69 Å². The number of aliphatic carboxylic acids is 1. The van der Waals surface area contributed by atoms with Crippen LogP contribution in [-0.4, -0.2) is 54.0 Å². The van der Waals surface area contributed by atoms with E-state index in [0.717, 1.165) is 0 Å². The third-order valence-corrected chi connectivity index (χ3v) is 4.24. The second kappa shape index (κ2) is 4.94. The van der Waals surface area contributed by atoms with Crippen LogP contribution in [0.15, 0.2) is 0 Å². The van der Waals surface area contributed by atoms with Crippen LogP contribution in [0, 0.1) is 5.41 Å².